The van der Waals surface area contributed by atoms with Gasteiger partial charge in [-0.1, -0.05) is 6.92 Å². The normalized spacial score (nSPS) is 22.3. The van der Waals surface area contributed by atoms with Gasteiger partial charge in [0.15, 0.2) is 0 Å². The van der Waals surface area contributed by atoms with Gasteiger partial charge in [-0.2, -0.15) is 5.10 Å². The molecule has 110 valence electrons. The molecule has 2 heterocycles. The number of nitrogens with zero attached hydrogens (tertiary/aromatic N) is 3. The first kappa shape index (κ1) is 13.8. The number of aliphatic hydroxyl groups is 1. The van der Waals surface area contributed by atoms with Crippen molar-refractivity contribution < 1.29 is 9.90 Å². The van der Waals surface area contributed by atoms with E-state index in [1.54, 1.807) is 15.8 Å². The summed E-state index contributed by atoms with van der Waals surface area (Å²) in [6, 6.07) is 9.23. The van der Waals surface area contributed by atoms with Gasteiger partial charge in [0.25, 0.3) is 5.91 Å². The van der Waals surface area contributed by atoms with Crippen molar-refractivity contribution in [2.45, 2.75) is 19.4 Å². The van der Waals surface area contributed by atoms with Crippen LogP contribution < -0.4 is 0 Å². The monoisotopic (exact) mass is 285 g/mol. The summed E-state index contributed by atoms with van der Waals surface area (Å²) in [4.78, 5) is 14.2. The van der Waals surface area contributed by atoms with Crippen LogP contribution in [0.2, 0.25) is 0 Å². The topological polar surface area (TPSA) is 58.4 Å². The van der Waals surface area contributed by atoms with Gasteiger partial charge in [-0.3, -0.25) is 4.79 Å². The zero-order valence-corrected chi connectivity index (χ0v) is 12.0. The Labute approximate surface area is 123 Å². The minimum Gasteiger partial charge on any atom is -0.391 e. The van der Waals surface area contributed by atoms with Crippen molar-refractivity contribution in [1.82, 2.24) is 14.7 Å². The van der Waals surface area contributed by atoms with E-state index in [0.29, 0.717) is 18.7 Å². The van der Waals surface area contributed by atoms with E-state index < -0.39 is 6.10 Å². The summed E-state index contributed by atoms with van der Waals surface area (Å²) in [6.45, 7) is 3.14. The molecule has 5 nitrogen and oxygen atoms in total. The van der Waals surface area contributed by atoms with Gasteiger partial charge in [0.2, 0.25) is 0 Å². The van der Waals surface area contributed by atoms with E-state index >= 15 is 0 Å². The molecule has 2 unspecified atom stereocenters. The van der Waals surface area contributed by atoms with Crippen LogP contribution in [0.5, 0.6) is 0 Å². The van der Waals surface area contributed by atoms with Crippen LogP contribution in [-0.2, 0) is 0 Å². The summed E-state index contributed by atoms with van der Waals surface area (Å²) in [5, 5.41) is 14.1. The summed E-state index contributed by atoms with van der Waals surface area (Å²) in [5.41, 5.74) is 1.57. The van der Waals surface area contributed by atoms with E-state index in [1.807, 2.05) is 43.5 Å². The molecule has 1 aromatic carbocycles. The number of piperidine rings is 1. The molecule has 1 aliphatic heterocycles. The molecular formula is C16H19N3O2. The molecule has 3 rings (SSSR count). The van der Waals surface area contributed by atoms with Gasteiger partial charge in [-0.05, 0) is 42.7 Å². The first-order chi connectivity index (χ1) is 10.1. The van der Waals surface area contributed by atoms with E-state index in [4.69, 9.17) is 0 Å². The van der Waals surface area contributed by atoms with E-state index in [0.717, 1.165) is 12.1 Å². The Hall–Kier alpha value is -2.14. The fourth-order valence-electron chi connectivity index (χ4n) is 2.59. The van der Waals surface area contributed by atoms with E-state index in [9.17, 15) is 9.90 Å². The van der Waals surface area contributed by atoms with Gasteiger partial charge in [0.1, 0.15) is 0 Å². The molecule has 2 aromatic rings. The highest BCUT2D eigenvalue weighted by molar-refractivity contribution is 5.94. The summed E-state index contributed by atoms with van der Waals surface area (Å²) in [6.07, 6.45) is 4.00. The minimum absolute atomic E-state index is 0.0204. The smallest absolute Gasteiger partial charge is 0.253 e. The molecule has 1 aromatic heterocycles. The number of hydrogen-bond donors (Lipinski definition) is 1. The quantitative estimate of drug-likeness (QED) is 0.914. The Kier molecular flexibility index (Phi) is 3.75. The van der Waals surface area contributed by atoms with E-state index in [-0.39, 0.29) is 11.8 Å². The second kappa shape index (κ2) is 5.69. The van der Waals surface area contributed by atoms with Crippen molar-refractivity contribution in [3.05, 3.63) is 48.3 Å². The number of amides is 1. The van der Waals surface area contributed by atoms with Gasteiger partial charge < -0.3 is 10.0 Å². The second-order valence-corrected chi connectivity index (χ2v) is 5.58. The SMILES string of the molecule is CC1CCN(C(=O)c2ccc(-n3cccn3)cc2)CC1O. The molecule has 1 fully saturated rings. The van der Waals surface area contributed by atoms with Crippen LogP contribution in [0.4, 0.5) is 0 Å². The number of aromatic nitrogens is 2. The van der Waals surface area contributed by atoms with E-state index in [2.05, 4.69) is 5.10 Å². The molecule has 21 heavy (non-hydrogen) atoms. The number of carbonyl (C=O) groups is 1. The van der Waals surface area contributed by atoms with Crippen LogP contribution >= 0.6 is 0 Å². The number of benzene rings is 1. The Morgan fingerprint density at radius 2 is 2.10 bits per heavy atom. The third kappa shape index (κ3) is 2.83. The minimum atomic E-state index is -0.425. The largest absolute Gasteiger partial charge is 0.391 e. The molecule has 2 atom stereocenters. The number of likely N-dealkylation sites (tertiary alicyclic amines) is 1. The molecule has 1 saturated heterocycles. The lowest BCUT2D eigenvalue weighted by Gasteiger charge is -2.34. The van der Waals surface area contributed by atoms with Crippen LogP contribution in [0.15, 0.2) is 42.7 Å². The highest BCUT2D eigenvalue weighted by atomic mass is 16.3. The molecule has 0 spiro atoms. The summed E-state index contributed by atoms with van der Waals surface area (Å²) in [7, 11) is 0. The van der Waals surface area contributed by atoms with Gasteiger partial charge in [0.05, 0.1) is 11.8 Å². The highest BCUT2D eigenvalue weighted by Crippen LogP contribution is 2.19. The average Bonchev–Trinajstić information content (AvgIpc) is 3.04. The first-order valence-electron chi connectivity index (χ1n) is 7.22. The average molecular weight is 285 g/mol. The standard InChI is InChI=1S/C16H19N3O2/c1-12-7-10-18(11-15(12)20)16(21)13-3-5-14(6-4-13)19-9-2-8-17-19/h2-6,8-9,12,15,20H,7,10-11H2,1H3. The predicted octanol–water partition coefficient (Wildman–Crippen LogP) is 1.72. The highest BCUT2D eigenvalue weighted by Gasteiger charge is 2.27. The summed E-state index contributed by atoms with van der Waals surface area (Å²) < 4.78 is 1.75. The number of carbonyl (C=O) groups excluding carboxylic acids is 1. The lowest BCUT2D eigenvalue weighted by atomic mass is 9.95. The number of aliphatic hydroxyl groups excluding tert-OH is 1. The van der Waals surface area contributed by atoms with Crippen molar-refractivity contribution in [3.8, 4) is 5.69 Å². The molecule has 1 N–H and O–H groups in total. The van der Waals surface area contributed by atoms with Crippen LogP contribution in [-0.4, -0.2) is 44.9 Å². The maximum Gasteiger partial charge on any atom is 0.253 e. The Bertz CT molecular complexity index is 607. The van der Waals surface area contributed by atoms with Gasteiger partial charge in [0, 0.05) is 31.0 Å². The molecule has 0 bridgehead atoms. The van der Waals surface area contributed by atoms with Gasteiger partial charge >= 0.3 is 0 Å². The fourth-order valence-corrected chi connectivity index (χ4v) is 2.59. The molecule has 1 aliphatic rings. The molecule has 0 radical (unpaired) electrons. The Balaban J connectivity index is 1.73. The number of hydrogen-bond acceptors (Lipinski definition) is 3. The van der Waals surface area contributed by atoms with Crippen LogP contribution in [0.1, 0.15) is 23.7 Å². The fraction of sp³-hybridized carbons (Fsp3) is 0.375. The van der Waals surface area contributed by atoms with Crippen molar-refractivity contribution in [3.63, 3.8) is 0 Å². The van der Waals surface area contributed by atoms with Crippen LogP contribution in [0, 0.1) is 5.92 Å². The molecule has 5 heteroatoms. The van der Waals surface area contributed by atoms with Crippen molar-refractivity contribution in [2.24, 2.45) is 5.92 Å². The summed E-state index contributed by atoms with van der Waals surface area (Å²) in [5.74, 6) is 0.240. The predicted molar refractivity (Wildman–Crippen MR) is 79.3 cm³/mol. The second-order valence-electron chi connectivity index (χ2n) is 5.58. The maximum atomic E-state index is 12.4. The third-order valence-corrected chi connectivity index (χ3v) is 4.09. The zero-order valence-electron chi connectivity index (χ0n) is 12.0. The number of β-amino-alcohol motifs (C(OH)–C–C–N with tert-alkyl or cyclic N) is 1. The first-order valence-corrected chi connectivity index (χ1v) is 7.22. The van der Waals surface area contributed by atoms with Gasteiger partial charge in [-0.15, -0.1) is 0 Å². The lowest BCUT2D eigenvalue weighted by molar-refractivity contribution is 0.0248. The molecule has 0 aliphatic carbocycles. The maximum absolute atomic E-state index is 12.4. The zero-order chi connectivity index (χ0) is 14.8. The van der Waals surface area contributed by atoms with Gasteiger partial charge in [-0.25, -0.2) is 4.68 Å². The van der Waals surface area contributed by atoms with Crippen molar-refractivity contribution >= 4 is 5.91 Å². The van der Waals surface area contributed by atoms with Crippen LogP contribution in [0.3, 0.4) is 0 Å². The Morgan fingerprint density at radius 1 is 1.33 bits per heavy atom. The van der Waals surface area contributed by atoms with Crippen LogP contribution in [0.25, 0.3) is 5.69 Å². The molecule has 1 amide bonds. The molecular weight excluding hydrogens is 266 g/mol. The van der Waals surface area contributed by atoms with Crippen molar-refractivity contribution in [2.75, 3.05) is 13.1 Å². The third-order valence-electron chi connectivity index (χ3n) is 4.09. The lowest BCUT2D eigenvalue weighted by Crippen LogP contribution is -2.45. The van der Waals surface area contributed by atoms with Crippen molar-refractivity contribution in [1.29, 1.82) is 0 Å². The Morgan fingerprint density at radius 3 is 2.71 bits per heavy atom. The number of rotatable bonds is 2. The van der Waals surface area contributed by atoms with E-state index in [1.165, 1.54) is 0 Å². The molecule has 0 saturated carbocycles. The summed E-state index contributed by atoms with van der Waals surface area (Å²) >= 11 is 0.